The fraction of sp³-hybridized carbons (Fsp3) is 0.0833. The van der Waals surface area contributed by atoms with Gasteiger partial charge in [0.05, 0.1) is 15.5 Å². The van der Waals surface area contributed by atoms with Crippen LogP contribution in [0.15, 0.2) is 76.1 Å². The Kier molecular flexibility index (Phi) is 6.92. The first-order valence-electron chi connectivity index (χ1n) is 9.82. The highest BCUT2D eigenvalue weighted by atomic mass is 79.9. The van der Waals surface area contributed by atoms with E-state index in [0.29, 0.717) is 15.0 Å². The third-order valence-corrected chi connectivity index (χ3v) is 6.65. The predicted octanol–water partition coefficient (Wildman–Crippen LogP) is 6.65. The highest BCUT2D eigenvalue weighted by Gasteiger charge is 2.33. The van der Waals surface area contributed by atoms with Gasteiger partial charge >= 0.3 is 0 Å². The molecule has 1 heterocycles. The summed E-state index contributed by atoms with van der Waals surface area (Å²) in [6.45, 7) is 2.19. The van der Waals surface area contributed by atoms with Crippen molar-refractivity contribution in [1.82, 2.24) is 0 Å². The molecule has 0 unspecified atom stereocenters. The Labute approximate surface area is 208 Å². The zero-order valence-corrected chi connectivity index (χ0v) is 20.6. The number of halogens is 1. The molecule has 3 aromatic carbocycles. The van der Waals surface area contributed by atoms with Gasteiger partial charge in [0.15, 0.2) is 4.32 Å². The fourth-order valence-corrected chi connectivity index (χ4v) is 4.91. The van der Waals surface area contributed by atoms with Crippen LogP contribution in [0.5, 0.6) is 5.75 Å². The maximum Gasteiger partial charge on any atom is 0.270 e. The molecule has 0 bridgehead atoms. The molecule has 1 saturated heterocycles. The van der Waals surface area contributed by atoms with Gasteiger partial charge in [-0.1, -0.05) is 52.0 Å². The number of carbonyl (C=O) groups excluding carboxylic acids is 1. The van der Waals surface area contributed by atoms with Crippen molar-refractivity contribution in [3.63, 3.8) is 0 Å². The summed E-state index contributed by atoms with van der Waals surface area (Å²) in [6.07, 6.45) is 1.77. The van der Waals surface area contributed by atoms with Crippen LogP contribution < -0.4 is 9.64 Å². The average Bonchev–Trinajstić information content (AvgIpc) is 3.06. The van der Waals surface area contributed by atoms with Gasteiger partial charge in [0, 0.05) is 22.2 Å². The minimum absolute atomic E-state index is 0.0266. The molecular weight excluding hydrogens is 524 g/mol. The van der Waals surface area contributed by atoms with Crippen molar-refractivity contribution < 1.29 is 14.5 Å². The molecule has 0 atom stereocenters. The van der Waals surface area contributed by atoms with Crippen LogP contribution in [0.3, 0.4) is 0 Å². The highest BCUT2D eigenvalue weighted by molar-refractivity contribution is 9.10. The zero-order chi connectivity index (χ0) is 23.5. The molecule has 6 nitrogen and oxygen atoms in total. The number of nitro groups is 1. The number of hydrogen-bond donors (Lipinski definition) is 0. The lowest BCUT2D eigenvalue weighted by Crippen LogP contribution is -2.27. The zero-order valence-electron chi connectivity index (χ0n) is 17.4. The lowest BCUT2D eigenvalue weighted by Gasteiger charge is -2.15. The second-order valence-electron chi connectivity index (χ2n) is 7.25. The van der Waals surface area contributed by atoms with Crippen molar-refractivity contribution in [2.24, 2.45) is 0 Å². The largest absolute Gasteiger partial charge is 0.488 e. The molecule has 1 aliphatic heterocycles. The smallest absolute Gasteiger partial charge is 0.270 e. The van der Waals surface area contributed by atoms with E-state index >= 15 is 0 Å². The van der Waals surface area contributed by atoms with Crippen LogP contribution in [0.1, 0.15) is 16.7 Å². The molecule has 9 heteroatoms. The van der Waals surface area contributed by atoms with Gasteiger partial charge < -0.3 is 4.74 Å². The van der Waals surface area contributed by atoms with Gasteiger partial charge in [-0.05, 0) is 66.6 Å². The molecule has 0 saturated carbocycles. The van der Waals surface area contributed by atoms with Gasteiger partial charge in [-0.2, -0.15) is 0 Å². The van der Waals surface area contributed by atoms with E-state index < -0.39 is 4.92 Å². The molecule has 1 aliphatic rings. The molecule has 1 amide bonds. The number of ether oxygens (including phenoxy) is 1. The van der Waals surface area contributed by atoms with E-state index in [-0.39, 0.29) is 18.2 Å². The average molecular weight is 541 g/mol. The normalized spacial score (nSPS) is 14.7. The highest BCUT2D eigenvalue weighted by Crippen LogP contribution is 2.38. The lowest BCUT2D eigenvalue weighted by atomic mass is 10.1. The van der Waals surface area contributed by atoms with Crippen molar-refractivity contribution in [3.8, 4) is 5.75 Å². The van der Waals surface area contributed by atoms with Gasteiger partial charge in [0.2, 0.25) is 0 Å². The number of non-ortho nitro benzene ring substituents is 1. The molecule has 0 radical (unpaired) electrons. The Hall–Kier alpha value is -3.01. The Balaban J connectivity index is 1.58. The first-order chi connectivity index (χ1) is 15.8. The number of amides is 1. The first kappa shape index (κ1) is 23.2. The first-order valence-corrected chi connectivity index (χ1v) is 11.8. The van der Waals surface area contributed by atoms with Gasteiger partial charge in [0.25, 0.3) is 11.6 Å². The predicted molar refractivity (Wildman–Crippen MR) is 138 cm³/mol. The maximum atomic E-state index is 13.1. The van der Waals surface area contributed by atoms with Crippen molar-refractivity contribution in [2.75, 3.05) is 4.90 Å². The summed E-state index contributed by atoms with van der Waals surface area (Å²) in [5.74, 6) is 0.397. The second kappa shape index (κ2) is 9.86. The van der Waals surface area contributed by atoms with Crippen LogP contribution >= 0.6 is 39.9 Å². The van der Waals surface area contributed by atoms with E-state index in [2.05, 4.69) is 15.9 Å². The quantitative estimate of drug-likeness (QED) is 0.151. The Bertz CT molecular complexity index is 1290. The number of thioether (sulfide) groups is 1. The molecule has 1 fully saturated rings. The molecule has 0 spiro atoms. The molecule has 0 aromatic heterocycles. The van der Waals surface area contributed by atoms with E-state index in [9.17, 15) is 14.9 Å². The third-order valence-electron chi connectivity index (χ3n) is 4.85. The number of carbonyl (C=O) groups is 1. The van der Waals surface area contributed by atoms with Crippen LogP contribution in [0.4, 0.5) is 11.4 Å². The van der Waals surface area contributed by atoms with Gasteiger partial charge in [-0.3, -0.25) is 19.8 Å². The second-order valence-corrected chi connectivity index (χ2v) is 9.84. The van der Waals surface area contributed by atoms with Gasteiger partial charge in [0.1, 0.15) is 12.4 Å². The molecule has 33 heavy (non-hydrogen) atoms. The van der Waals surface area contributed by atoms with Crippen molar-refractivity contribution in [1.29, 1.82) is 0 Å². The molecule has 0 N–H and O–H groups in total. The summed E-state index contributed by atoms with van der Waals surface area (Å²) in [6, 6.07) is 19.4. The van der Waals surface area contributed by atoms with E-state index in [4.69, 9.17) is 17.0 Å². The standard InChI is InChI=1S/C24H17BrN2O4S2/c1-15-3-2-4-20(11-15)26-23(28)22(33-24(26)32)13-17-12-18(25)7-10-21(17)31-14-16-5-8-19(9-6-16)27(29)30/h2-13H,14H2,1H3/b22-13+. The van der Waals surface area contributed by atoms with Crippen LogP contribution in [-0.4, -0.2) is 15.2 Å². The minimum Gasteiger partial charge on any atom is -0.488 e. The van der Waals surface area contributed by atoms with E-state index in [1.165, 1.54) is 28.8 Å². The van der Waals surface area contributed by atoms with E-state index in [1.807, 2.05) is 49.4 Å². The number of anilines is 1. The Morgan fingerprint density at radius 2 is 1.91 bits per heavy atom. The van der Waals surface area contributed by atoms with Crippen LogP contribution in [-0.2, 0) is 11.4 Å². The molecule has 4 rings (SSSR count). The van der Waals surface area contributed by atoms with E-state index in [1.54, 1.807) is 18.2 Å². The van der Waals surface area contributed by atoms with Gasteiger partial charge in [-0.15, -0.1) is 0 Å². The van der Waals surface area contributed by atoms with E-state index in [0.717, 1.165) is 26.9 Å². The number of rotatable bonds is 6. The Morgan fingerprint density at radius 1 is 1.15 bits per heavy atom. The number of nitrogens with zero attached hydrogens (tertiary/aromatic N) is 2. The Morgan fingerprint density at radius 3 is 2.61 bits per heavy atom. The summed E-state index contributed by atoms with van der Waals surface area (Å²) in [7, 11) is 0. The monoisotopic (exact) mass is 540 g/mol. The molecule has 3 aromatic rings. The molecule has 166 valence electrons. The fourth-order valence-electron chi connectivity index (χ4n) is 3.24. The number of hydrogen-bond acceptors (Lipinski definition) is 6. The summed E-state index contributed by atoms with van der Waals surface area (Å²) in [5.41, 5.74) is 3.32. The summed E-state index contributed by atoms with van der Waals surface area (Å²) < 4.78 is 7.29. The van der Waals surface area contributed by atoms with Gasteiger partial charge in [-0.25, -0.2) is 0 Å². The molecule has 0 aliphatic carbocycles. The maximum absolute atomic E-state index is 13.1. The lowest BCUT2D eigenvalue weighted by molar-refractivity contribution is -0.384. The van der Waals surface area contributed by atoms with Crippen LogP contribution in [0.2, 0.25) is 0 Å². The number of thiocarbonyl (C=S) groups is 1. The minimum atomic E-state index is -0.440. The number of benzene rings is 3. The summed E-state index contributed by atoms with van der Waals surface area (Å²) in [4.78, 5) is 25.6. The van der Waals surface area contributed by atoms with Crippen LogP contribution in [0.25, 0.3) is 6.08 Å². The SMILES string of the molecule is Cc1cccc(N2C(=O)/C(=C\c3cc(Br)ccc3OCc3ccc([N+](=O)[O-])cc3)SC2=S)c1. The summed E-state index contributed by atoms with van der Waals surface area (Å²) in [5, 5.41) is 10.8. The number of aryl methyl sites for hydroxylation is 1. The van der Waals surface area contributed by atoms with Crippen molar-refractivity contribution in [2.45, 2.75) is 13.5 Å². The number of nitro benzene ring substituents is 1. The molecular formula is C24H17BrN2O4S2. The van der Waals surface area contributed by atoms with Crippen molar-refractivity contribution in [3.05, 3.63) is 103 Å². The third kappa shape index (κ3) is 5.32. The van der Waals surface area contributed by atoms with Crippen LogP contribution in [0, 0.1) is 17.0 Å². The topological polar surface area (TPSA) is 72.7 Å². The van der Waals surface area contributed by atoms with Crippen molar-refractivity contribution >= 4 is 67.6 Å². The summed E-state index contributed by atoms with van der Waals surface area (Å²) >= 11 is 10.2.